The second-order valence-electron chi connectivity index (χ2n) is 9.57. The number of carbonyl (C=O) groups excluding carboxylic acids is 2. The molecular formula is C30H25N3O5S. The number of carbonyl (C=O) groups is 2. The third-order valence-corrected chi connectivity index (χ3v) is 7.60. The molecule has 1 amide bonds. The number of aliphatic hydroxyl groups excluding tert-OH is 1. The average molecular weight is 540 g/mol. The van der Waals surface area contributed by atoms with Crippen molar-refractivity contribution in [2.45, 2.75) is 39.0 Å². The van der Waals surface area contributed by atoms with Crippen LogP contribution < -0.4 is 14.4 Å². The molecule has 2 aliphatic rings. The summed E-state index contributed by atoms with van der Waals surface area (Å²) in [7, 11) is 0. The van der Waals surface area contributed by atoms with Gasteiger partial charge in [0.2, 0.25) is 5.13 Å². The van der Waals surface area contributed by atoms with Crippen LogP contribution in [-0.4, -0.2) is 33.1 Å². The zero-order valence-electron chi connectivity index (χ0n) is 21.3. The lowest BCUT2D eigenvalue weighted by atomic mass is 9.94. The maximum absolute atomic E-state index is 13.5. The van der Waals surface area contributed by atoms with Crippen molar-refractivity contribution in [2.24, 2.45) is 0 Å². The molecule has 0 unspecified atom stereocenters. The molecule has 9 heteroatoms. The van der Waals surface area contributed by atoms with Crippen LogP contribution in [0.5, 0.6) is 11.5 Å². The van der Waals surface area contributed by atoms with Gasteiger partial charge in [-0.25, -0.2) is 0 Å². The molecule has 0 aliphatic carbocycles. The number of anilines is 1. The van der Waals surface area contributed by atoms with Crippen molar-refractivity contribution in [3.63, 3.8) is 0 Å². The Morgan fingerprint density at radius 1 is 1.08 bits per heavy atom. The standard InChI is InChI=1S/C30H25N3O5S/c1-17-13-22-14-21(11-12-24(22)38-17)27(34)25-26(33(29(36)28(25)35)30-32-31-18(2)39-30)20-9-6-10-23(15-20)37-16-19-7-4-3-5-8-19/h3-12,14-15,17,26,34H,13,16H2,1-2H3/t17-,26+/m0/s1. The van der Waals surface area contributed by atoms with Gasteiger partial charge < -0.3 is 14.6 Å². The molecule has 1 fully saturated rings. The fourth-order valence-electron chi connectivity index (χ4n) is 4.97. The highest BCUT2D eigenvalue weighted by molar-refractivity contribution is 7.15. The molecule has 196 valence electrons. The highest BCUT2D eigenvalue weighted by Crippen LogP contribution is 2.44. The lowest BCUT2D eigenvalue weighted by molar-refractivity contribution is -0.132. The Labute approximate surface area is 229 Å². The van der Waals surface area contributed by atoms with Gasteiger partial charge in [-0.2, -0.15) is 0 Å². The number of aromatic nitrogens is 2. The number of ketones is 1. The minimum atomic E-state index is -0.916. The molecule has 2 aliphatic heterocycles. The third kappa shape index (κ3) is 4.66. The van der Waals surface area contributed by atoms with Crippen molar-refractivity contribution < 1.29 is 24.2 Å². The minimum absolute atomic E-state index is 0.0139. The van der Waals surface area contributed by atoms with E-state index in [0.29, 0.717) is 34.9 Å². The van der Waals surface area contributed by atoms with Crippen LogP contribution in [0.15, 0.2) is 78.4 Å². The molecule has 0 spiro atoms. The maximum atomic E-state index is 13.5. The van der Waals surface area contributed by atoms with Crippen molar-refractivity contribution in [1.82, 2.24) is 10.2 Å². The summed E-state index contributed by atoms with van der Waals surface area (Å²) in [6.45, 7) is 4.11. The van der Waals surface area contributed by atoms with Crippen molar-refractivity contribution in [2.75, 3.05) is 4.90 Å². The first kappa shape index (κ1) is 24.8. The highest BCUT2D eigenvalue weighted by Gasteiger charge is 2.48. The van der Waals surface area contributed by atoms with Crippen LogP contribution in [0.2, 0.25) is 0 Å². The van der Waals surface area contributed by atoms with Gasteiger partial charge in [-0.3, -0.25) is 14.5 Å². The zero-order valence-corrected chi connectivity index (χ0v) is 22.1. The summed E-state index contributed by atoms with van der Waals surface area (Å²) in [6.07, 6.45) is 0.723. The van der Waals surface area contributed by atoms with Gasteiger partial charge in [-0.1, -0.05) is 53.8 Å². The number of hydrogen-bond donors (Lipinski definition) is 1. The van der Waals surface area contributed by atoms with Crippen LogP contribution in [0, 0.1) is 6.92 Å². The molecule has 6 rings (SSSR count). The van der Waals surface area contributed by atoms with Gasteiger partial charge in [0.25, 0.3) is 5.78 Å². The topological polar surface area (TPSA) is 102 Å². The van der Waals surface area contributed by atoms with Crippen LogP contribution in [0.4, 0.5) is 5.13 Å². The summed E-state index contributed by atoms with van der Waals surface area (Å²) < 4.78 is 11.8. The first-order valence-electron chi connectivity index (χ1n) is 12.6. The summed E-state index contributed by atoms with van der Waals surface area (Å²) in [5.41, 5.74) is 2.98. The fraction of sp³-hybridized carbons (Fsp3) is 0.200. The van der Waals surface area contributed by atoms with E-state index in [4.69, 9.17) is 9.47 Å². The van der Waals surface area contributed by atoms with Crippen LogP contribution >= 0.6 is 11.3 Å². The van der Waals surface area contributed by atoms with Crippen molar-refractivity contribution in [1.29, 1.82) is 0 Å². The van der Waals surface area contributed by atoms with Crippen LogP contribution in [-0.2, 0) is 22.6 Å². The summed E-state index contributed by atoms with van der Waals surface area (Å²) in [6, 6.07) is 21.4. The Morgan fingerprint density at radius 2 is 1.90 bits per heavy atom. The van der Waals surface area contributed by atoms with Crippen LogP contribution in [0.25, 0.3) is 5.76 Å². The number of Topliss-reactive ketones (excluding diaryl/α,β-unsaturated/α-hetero) is 1. The second-order valence-corrected chi connectivity index (χ2v) is 10.7. The molecule has 39 heavy (non-hydrogen) atoms. The van der Waals surface area contributed by atoms with E-state index in [1.807, 2.05) is 49.4 Å². The van der Waals surface area contributed by atoms with E-state index in [-0.39, 0.29) is 22.6 Å². The molecule has 1 aromatic heterocycles. The Kier molecular flexibility index (Phi) is 6.36. The third-order valence-electron chi connectivity index (χ3n) is 6.76. The minimum Gasteiger partial charge on any atom is -0.507 e. The number of ether oxygens (including phenoxy) is 2. The zero-order chi connectivity index (χ0) is 27.1. The molecule has 0 radical (unpaired) electrons. The molecule has 1 N–H and O–H groups in total. The van der Waals surface area contributed by atoms with E-state index < -0.39 is 17.7 Å². The molecule has 8 nitrogen and oxygen atoms in total. The first-order valence-corrected chi connectivity index (χ1v) is 13.4. The Bertz CT molecular complexity index is 1610. The van der Waals surface area contributed by atoms with Crippen molar-refractivity contribution >= 4 is 33.9 Å². The quantitative estimate of drug-likeness (QED) is 0.200. The summed E-state index contributed by atoms with van der Waals surface area (Å²) in [4.78, 5) is 28.2. The number of rotatable bonds is 6. The first-order chi connectivity index (χ1) is 18.9. The number of fused-ring (bicyclic) bond motifs is 1. The molecule has 1 saturated heterocycles. The highest BCUT2D eigenvalue weighted by atomic mass is 32.1. The molecule has 0 bridgehead atoms. The van der Waals surface area contributed by atoms with E-state index in [2.05, 4.69) is 10.2 Å². The normalized spacial score (nSPS) is 19.7. The lowest BCUT2D eigenvalue weighted by Crippen LogP contribution is -2.29. The van der Waals surface area contributed by atoms with Gasteiger partial charge in [-0.15, -0.1) is 10.2 Å². The van der Waals surface area contributed by atoms with Gasteiger partial charge in [0.15, 0.2) is 0 Å². The predicted octanol–water partition coefficient (Wildman–Crippen LogP) is 5.38. The Hall–Kier alpha value is -4.50. The molecule has 0 saturated carbocycles. The Balaban J connectivity index is 1.44. The Morgan fingerprint density at radius 3 is 2.67 bits per heavy atom. The number of aryl methyl sites for hydroxylation is 1. The van der Waals surface area contributed by atoms with Crippen LogP contribution in [0.3, 0.4) is 0 Å². The summed E-state index contributed by atoms with van der Waals surface area (Å²) in [5, 5.41) is 20.6. The maximum Gasteiger partial charge on any atom is 0.301 e. The smallest absolute Gasteiger partial charge is 0.301 e. The molecule has 3 heterocycles. The van der Waals surface area contributed by atoms with Gasteiger partial charge in [0, 0.05) is 12.0 Å². The van der Waals surface area contributed by atoms with Gasteiger partial charge in [0.1, 0.15) is 35.0 Å². The van der Waals surface area contributed by atoms with Crippen molar-refractivity contribution in [3.8, 4) is 11.5 Å². The molecule has 2 atom stereocenters. The van der Waals surface area contributed by atoms with Gasteiger partial charge >= 0.3 is 5.91 Å². The van der Waals surface area contributed by atoms with E-state index in [1.54, 1.807) is 37.3 Å². The number of amides is 1. The molecule has 3 aromatic carbocycles. The summed E-state index contributed by atoms with van der Waals surface area (Å²) >= 11 is 1.21. The van der Waals surface area contributed by atoms with E-state index in [9.17, 15) is 14.7 Å². The molecule has 4 aromatic rings. The summed E-state index contributed by atoms with van der Waals surface area (Å²) in [5.74, 6) is -0.486. The molecular weight excluding hydrogens is 514 g/mol. The SMILES string of the molecule is Cc1nnc(N2C(=O)C(=O)C(=C(O)c3ccc4c(c3)C[C@H](C)O4)[C@H]2c2cccc(OCc3ccccc3)c2)s1. The van der Waals surface area contributed by atoms with E-state index in [1.165, 1.54) is 16.2 Å². The number of aliphatic hydroxyl groups is 1. The number of hydrogen-bond acceptors (Lipinski definition) is 8. The lowest BCUT2D eigenvalue weighted by Gasteiger charge is -2.23. The average Bonchev–Trinajstić information content (AvgIpc) is 3.62. The largest absolute Gasteiger partial charge is 0.507 e. The van der Waals surface area contributed by atoms with Gasteiger partial charge in [-0.05, 0) is 60.9 Å². The second kappa shape index (κ2) is 9.99. The van der Waals surface area contributed by atoms with Crippen LogP contribution in [0.1, 0.15) is 40.2 Å². The fourth-order valence-corrected chi connectivity index (χ4v) is 5.68. The van der Waals surface area contributed by atoms with Crippen molar-refractivity contribution in [3.05, 3.63) is 106 Å². The monoisotopic (exact) mass is 539 g/mol. The number of benzene rings is 3. The van der Waals surface area contributed by atoms with E-state index in [0.717, 1.165) is 16.9 Å². The number of nitrogens with zero attached hydrogens (tertiary/aromatic N) is 3. The van der Waals surface area contributed by atoms with Gasteiger partial charge in [0.05, 0.1) is 11.6 Å². The predicted molar refractivity (Wildman–Crippen MR) is 147 cm³/mol. The van der Waals surface area contributed by atoms with E-state index >= 15 is 0 Å².